The highest BCUT2D eigenvalue weighted by Gasteiger charge is 2.32. The lowest BCUT2D eigenvalue weighted by Gasteiger charge is -2.33. The molecule has 2 aromatic rings. The first-order valence-electron chi connectivity index (χ1n) is 11.0. The SMILES string of the molecule is CC[C@H](C)NC(=O)[C@H](CC)N(Cc1ccc(F)cc1)C(=O)CN(c1ccc(Cl)cc1)S(C)(=O)=O. The van der Waals surface area contributed by atoms with E-state index in [0.29, 0.717) is 23.4 Å². The third-order valence-corrected chi connectivity index (χ3v) is 6.84. The van der Waals surface area contributed by atoms with Gasteiger partial charge in [0, 0.05) is 17.6 Å². The van der Waals surface area contributed by atoms with E-state index >= 15 is 0 Å². The molecule has 0 bridgehead atoms. The minimum Gasteiger partial charge on any atom is -0.352 e. The number of sulfonamides is 1. The van der Waals surface area contributed by atoms with Gasteiger partial charge >= 0.3 is 0 Å². The highest BCUT2D eigenvalue weighted by Crippen LogP contribution is 2.22. The predicted molar refractivity (Wildman–Crippen MR) is 133 cm³/mol. The Kier molecular flexibility index (Phi) is 9.88. The van der Waals surface area contributed by atoms with E-state index in [4.69, 9.17) is 11.6 Å². The van der Waals surface area contributed by atoms with Crippen LogP contribution in [0.15, 0.2) is 48.5 Å². The van der Waals surface area contributed by atoms with Crippen molar-refractivity contribution >= 4 is 39.1 Å². The van der Waals surface area contributed by atoms with E-state index in [0.717, 1.165) is 10.6 Å². The van der Waals surface area contributed by atoms with Gasteiger partial charge in [-0.3, -0.25) is 13.9 Å². The molecule has 0 saturated carbocycles. The summed E-state index contributed by atoms with van der Waals surface area (Å²) in [6.45, 7) is 5.09. The van der Waals surface area contributed by atoms with Gasteiger partial charge in [0.2, 0.25) is 21.8 Å². The van der Waals surface area contributed by atoms with Crippen LogP contribution in [0.3, 0.4) is 0 Å². The zero-order chi connectivity index (χ0) is 25.5. The van der Waals surface area contributed by atoms with Gasteiger partial charge in [-0.25, -0.2) is 12.8 Å². The number of rotatable bonds is 11. The molecule has 0 saturated heterocycles. The molecule has 10 heteroatoms. The van der Waals surface area contributed by atoms with E-state index in [1.807, 2.05) is 13.8 Å². The van der Waals surface area contributed by atoms with Crippen LogP contribution in [0.5, 0.6) is 0 Å². The van der Waals surface area contributed by atoms with Crippen LogP contribution in [-0.2, 0) is 26.2 Å². The van der Waals surface area contributed by atoms with Crippen LogP contribution in [-0.4, -0.2) is 50.0 Å². The second-order valence-corrected chi connectivity index (χ2v) is 10.5. The summed E-state index contributed by atoms with van der Waals surface area (Å²) in [5.74, 6) is -1.31. The maximum absolute atomic E-state index is 13.5. The zero-order valence-corrected chi connectivity index (χ0v) is 21.4. The van der Waals surface area contributed by atoms with E-state index in [-0.39, 0.29) is 24.2 Å². The molecule has 186 valence electrons. The van der Waals surface area contributed by atoms with Crippen molar-refractivity contribution in [1.82, 2.24) is 10.2 Å². The van der Waals surface area contributed by atoms with Crippen LogP contribution in [0, 0.1) is 5.82 Å². The molecule has 0 spiro atoms. The molecular weight excluding hydrogens is 481 g/mol. The molecular formula is C24H31ClFN3O4S. The topological polar surface area (TPSA) is 86.8 Å². The normalized spacial score (nSPS) is 13.1. The first-order valence-corrected chi connectivity index (χ1v) is 13.3. The van der Waals surface area contributed by atoms with Crippen molar-refractivity contribution in [2.75, 3.05) is 17.1 Å². The average Bonchev–Trinajstić information content (AvgIpc) is 2.78. The largest absolute Gasteiger partial charge is 0.352 e. The van der Waals surface area contributed by atoms with Crippen molar-refractivity contribution in [1.29, 1.82) is 0 Å². The van der Waals surface area contributed by atoms with E-state index in [2.05, 4.69) is 5.32 Å². The van der Waals surface area contributed by atoms with Crippen LogP contribution in [0.2, 0.25) is 5.02 Å². The van der Waals surface area contributed by atoms with E-state index in [1.165, 1.54) is 53.4 Å². The van der Waals surface area contributed by atoms with Crippen molar-refractivity contribution < 1.29 is 22.4 Å². The van der Waals surface area contributed by atoms with Gasteiger partial charge in [-0.15, -0.1) is 0 Å². The van der Waals surface area contributed by atoms with Crippen molar-refractivity contribution in [3.05, 3.63) is 64.9 Å². The minimum atomic E-state index is -3.82. The summed E-state index contributed by atoms with van der Waals surface area (Å²) >= 11 is 5.92. The Bertz CT molecular complexity index is 1080. The maximum atomic E-state index is 13.5. The molecule has 0 aliphatic rings. The number of anilines is 1. The number of hydrogen-bond acceptors (Lipinski definition) is 4. The molecule has 0 fully saturated rings. The van der Waals surface area contributed by atoms with Crippen molar-refractivity contribution in [3.8, 4) is 0 Å². The van der Waals surface area contributed by atoms with Crippen molar-refractivity contribution in [2.45, 2.75) is 52.2 Å². The second kappa shape index (κ2) is 12.2. The summed E-state index contributed by atoms with van der Waals surface area (Å²) in [5.41, 5.74) is 0.890. The van der Waals surface area contributed by atoms with Crippen LogP contribution in [0.4, 0.5) is 10.1 Å². The Balaban J connectivity index is 2.41. The molecule has 34 heavy (non-hydrogen) atoms. The first-order chi connectivity index (χ1) is 16.0. The molecule has 0 aliphatic carbocycles. The van der Waals surface area contributed by atoms with E-state index < -0.39 is 34.3 Å². The van der Waals surface area contributed by atoms with Gasteiger partial charge < -0.3 is 10.2 Å². The third kappa shape index (κ3) is 7.70. The zero-order valence-electron chi connectivity index (χ0n) is 19.8. The number of halogens is 2. The fraction of sp³-hybridized carbons (Fsp3) is 0.417. The van der Waals surface area contributed by atoms with Crippen LogP contribution in [0.1, 0.15) is 39.2 Å². The molecule has 7 nitrogen and oxygen atoms in total. The Labute approximate surface area is 205 Å². The average molecular weight is 512 g/mol. The Morgan fingerprint density at radius 2 is 1.62 bits per heavy atom. The molecule has 1 N–H and O–H groups in total. The van der Waals surface area contributed by atoms with Crippen LogP contribution in [0.25, 0.3) is 0 Å². The lowest BCUT2D eigenvalue weighted by Crippen LogP contribution is -2.53. The number of nitrogens with one attached hydrogen (secondary N) is 1. The van der Waals surface area contributed by atoms with E-state index in [9.17, 15) is 22.4 Å². The predicted octanol–water partition coefficient (Wildman–Crippen LogP) is 3.97. The fourth-order valence-corrected chi connectivity index (χ4v) is 4.34. The smallest absolute Gasteiger partial charge is 0.244 e. The molecule has 2 amide bonds. The van der Waals surface area contributed by atoms with Crippen molar-refractivity contribution in [2.24, 2.45) is 0 Å². The molecule has 0 aliphatic heterocycles. The minimum absolute atomic E-state index is 0.0176. The summed E-state index contributed by atoms with van der Waals surface area (Å²) < 4.78 is 39.4. The van der Waals surface area contributed by atoms with Crippen molar-refractivity contribution in [3.63, 3.8) is 0 Å². The Morgan fingerprint density at radius 1 is 1.03 bits per heavy atom. The second-order valence-electron chi connectivity index (χ2n) is 8.14. The number of nitrogens with zero attached hydrogens (tertiary/aromatic N) is 2. The van der Waals surface area contributed by atoms with E-state index in [1.54, 1.807) is 6.92 Å². The third-order valence-electron chi connectivity index (χ3n) is 5.45. The summed E-state index contributed by atoms with van der Waals surface area (Å²) in [4.78, 5) is 27.9. The molecule has 2 atom stereocenters. The Morgan fingerprint density at radius 3 is 2.12 bits per heavy atom. The lowest BCUT2D eigenvalue weighted by molar-refractivity contribution is -0.140. The quantitative estimate of drug-likeness (QED) is 0.494. The fourth-order valence-electron chi connectivity index (χ4n) is 3.37. The first kappa shape index (κ1) is 27.6. The maximum Gasteiger partial charge on any atom is 0.244 e. The van der Waals surface area contributed by atoms with Gasteiger partial charge in [0.25, 0.3) is 0 Å². The summed E-state index contributed by atoms with van der Waals surface area (Å²) in [7, 11) is -3.82. The monoisotopic (exact) mass is 511 g/mol. The molecule has 2 rings (SSSR count). The molecule has 0 heterocycles. The van der Waals surface area contributed by atoms with Gasteiger partial charge in [0.15, 0.2) is 0 Å². The highest BCUT2D eigenvalue weighted by atomic mass is 35.5. The van der Waals surface area contributed by atoms with Crippen LogP contribution < -0.4 is 9.62 Å². The standard InChI is InChI=1S/C24H31ClFN3O4S/c1-5-17(3)27-24(31)22(6-2)28(15-18-7-11-20(26)12-8-18)23(30)16-29(34(4,32)33)21-13-9-19(25)10-14-21/h7-14,17,22H,5-6,15-16H2,1-4H3,(H,27,31)/t17-,22-/m0/s1. The summed E-state index contributed by atoms with van der Waals surface area (Å²) in [5, 5.41) is 3.32. The van der Waals surface area contributed by atoms with Gasteiger partial charge in [-0.1, -0.05) is 37.6 Å². The number of carbonyl (C=O) groups excluding carboxylic acids is 2. The van der Waals surface area contributed by atoms with Crippen LogP contribution >= 0.6 is 11.6 Å². The number of carbonyl (C=O) groups is 2. The number of benzene rings is 2. The molecule has 0 unspecified atom stereocenters. The summed E-state index contributed by atoms with van der Waals surface area (Å²) in [6, 6.07) is 10.8. The molecule has 0 radical (unpaired) electrons. The number of amides is 2. The lowest BCUT2D eigenvalue weighted by atomic mass is 10.1. The molecule has 2 aromatic carbocycles. The van der Waals surface area contributed by atoms with Gasteiger partial charge in [-0.2, -0.15) is 0 Å². The number of hydrogen-bond donors (Lipinski definition) is 1. The van der Waals surface area contributed by atoms with Gasteiger partial charge in [0.1, 0.15) is 18.4 Å². The summed E-state index contributed by atoms with van der Waals surface area (Å²) in [6.07, 6.45) is 2.04. The molecule has 0 aromatic heterocycles. The van der Waals surface area contributed by atoms with Gasteiger partial charge in [-0.05, 0) is 61.7 Å². The Hall–Kier alpha value is -2.65. The highest BCUT2D eigenvalue weighted by molar-refractivity contribution is 7.92. The van der Waals surface area contributed by atoms with Gasteiger partial charge in [0.05, 0.1) is 11.9 Å².